The summed E-state index contributed by atoms with van der Waals surface area (Å²) in [5, 5.41) is 20.7. The van der Waals surface area contributed by atoms with E-state index in [2.05, 4.69) is 48.4 Å². The van der Waals surface area contributed by atoms with Gasteiger partial charge in [0.2, 0.25) is 0 Å². The first-order valence-electron chi connectivity index (χ1n) is 16.1. The van der Waals surface area contributed by atoms with E-state index in [-0.39, 0.29) is 5.91 Å². The second kappa shape index (κ2) is 15.1. The first-order valence-corrected chi connectivity index (χ1v) is 16.1. The number of rotatable bonds is 12. The molecule has 11 heteroatoms. The van der Waals surface area contributed by atoms with Gasteiger partial charge in [-0.25, -0.2) is 4.98 Å². The number of methoxy groups -OCH3 is 1. The number of hydrogen-bond donors (Lipinski definition) is 2. The van der Waals surface area contributed by atoms with Gasteiger partial charge < -0.3 is 25.2 Å². The highest BCUT2D eigenvalue weighted by atomic mass is 16.5. The summed E-state index contributed by atoms with van der Waals surface area (Å²) >= 11 is 0. The molecule has 3 heterocycles. The van der Waals surface area contributed by atoms with Crippen molar-refractivity contribution in [2.45, 2.75) is 32.7 Å². The Kier molecular flexibility index (Phi) is 10.7. The van der Waals surface area contributed by atoms with E-state index >= 15 is 0 Å². The number of ether oxygens (including phenoxy) is 1. The number of nitrogens with one attached hydrogen (secondary N) is 2. The molecule has 1 amide bonds. The number of aromatic nitrogens is 4. The van der Waals surface area contributed by atoms with Crippen LogP contribution in [-0.2, 0) is 16.7 Å². The topological polar surface area (TPSA) is 116 Å². The van der Waals surface area contributed by atoms with Gasteiger partial charge in [0.05, 0.1) is 48.4 Å². The molecule has 0 aliphatic rings. The number of aryl methyl sites for hydroxylation is 1. The SMILES string of the molecule is COCCn1cc(Nc2cccn3c(C#Cc4cc(C(=O)Nc5cc(N(C)CCN(C)C)cc(C(C)(C)C#N)c5)ccc4C)cnc23)cn1. The van der Waals surface area contributed by atoms with Crippen molar-refractivity contribution in [3.05, 3.63) is 101 Å². The molecular formula is C38H43N9O2. The van der Waals surface area contributed by atoms with Gasteiger partial charge in [0.1, 0.15) is 5.69 Å². The third-order valence-corrected chi connectivity index (χ3v) is 8.30. The van der Waals surface area contributed by atoms with Crippen LogP contribution in [0.4, 0.5) is 22.7 Å². The van der Waals surface area contributed by atoms with Crippen LogP contribution in [0.2, 0.25) is 0 Å². The largest absolute Gasteiger partial charge is 0.383 e. The standard InChI is InChI=1S/C38H43N9O2/c1-27-10-11-29(37(48)43-31-20-30(38(2,3)26-39)21-34(22-31)45(6)16-15-44(4)5)19-28(27)12-13-33-24-40-36-35(9-8-14-47(33)36)42-32-23-41-46(25-32)17-18-49-7/h8-11,14,19-25,42H,15-18H2,1-7H3,(H,43,48). The fourth-order valence-corrected chi connectivity index (χ4v) is 5.13. The van der Waals surface area contributed by atoms with Crippen LogP contribution in [0.5, 0.6) is 0 Å². The minimum atomic E-state index is -0.730. The molecule has 0 atom stereocenters. The molecule has 0 saturated heterocycles. The first-order chi connectivity index (χ1) is 23.5. The highest BCUT2D eigenvalue weighted by Gasteiger charge is 2.22. The lowest BCUT2D eigenvalue weighted by molar-refractivity contribution is 0.102. The van der Waals surface area contributed by atoms with Crippen molar-refractivity contribution in [2.75, 3.05) is 63.5 Å². The summed E-state index contributed by atoms with van der Waals surface area (Å²) in [6, 6.07) is 17.6. The second-order valence-corrected chi connectivity index (χ2v) is 12.8. The Morgan fingerprint density at radius 3 is 2.61 bits per heavy atom. The number of carbonyl (C=O) groups is 1. The number of likely N-dealkylation sites (N-methyl/N-ethyl adjacent to an activating group) is 2. The Morgan fingerprint density at radius 1 is 1.04 bits per heavy atom. The van der Waals surface area contributed by atoms with Gasteiger partial charge in [-0.15, -0.1) is 0 Å². The van der Waals surface area contributed by atoms with Crippen LogP contribution in [0.1, 0.15) is 46.6 Å². The number of carbonyl (C=O) groups excluding carboxylic acids is 1. The van der Waals surface area contributed by atoms with Crippen LogP contribution in [0, 0.1) is 30.1 Å². The minimum Gasteiger partial charge on any atom is -0.383 e. The van der Waals surface area contributed by atoms with E-state index in [0.29, 0.717) is 30.1 Å². The second-order valence-electron chi connectivity index (χ2n) is 12.8. The van der Waals surface area contributed by atoms with Crippen molar-refractivity contribution >= 4 is 34.3 Å². The van der Waals surface area contributed by atoms with Gasteiger partial charge in [-0.3, -0.25) is 13.9 Å². The number of anilines is 4. The summed E-state index contributed by atoms with van der Waals surface area (Å²) in [5.74, 6) is 6.25. The zero-order valence-corrected chi connectivity index (χ0v) is 29.2. The molecule has 3 aromatic heterocycles. The maximum Gasteiger partial charge on any atom is 0.255 e. The third kappa shape index (κ3) is 8.46. The highest BCUT2D eigenvalue weighted by molar-refractivity contribution is 6.05. The summed E-state index contributed by atoms with van der Waals surface area (Å²) in [5.41, 5.74) is 6.95. The van der Waals surface area contributed by atoms with E-state index in [1.165, 1.54) is 0 Å². The molecule has 0 aliphatic carbocycles. The van der Waals surface area contributed by atoms with Crippen LogP contribution < -0.4 is 15.5 Å². The van der Waals surface area contributed by atoms with Crippen LogP contribution in [0.3, 0.4) is 0 Å². The fourth-order valence-electron chi connectivity index (χ4n) is 5.13. The zero-order chi connectivity index (χ0) is 35.1. The predicted octanol–water partition coefficient (Wildman–Crippen LogP) is 5.68. The van der Waals surface area contributed by atoms with E-state index in [1.807, 2.05) is 106 Å². The summed E-state index contributed by atoms with van der Waals surface area (Å²) in [7, 11) is 7.75. The predicted molar refractivity (Wildman–Crippen MR) is 195 cm³/mol. The molecule has 2 N–H and O–H groups in total. The fraction of sp³-hybridized carbons (Fsp3) is 0.316. The van der Waals surface area contributed by atoms with Crippen molar-refractivity contribution in [2.24, 2.45) is 0 Å². The van der Waals surface area contributed by atoms with Crippen molar-refractivity contribution in [1.29, 1.82) is 5.26 Å². The lowest BCUT2D eigenvalue weighted by atomic mass is 9.85. The van der Waals surface area contributed by atoms with Gasteiger partial charge in [0.25, 0.3) is 5.91 Å². The maximum absolute atomic E-state index is 13.6. The lowest BCUT2D eigenvalue weighted by Crippen LogP contribution is -2.29. The maximum atomic E-state index is 13.6. The molecule has 0 aliphatic heterocycles. The smallest absolute Gasteiger partial charge is 0.255 e. The Hall–Kier alpha value is -5.62. The van der Waals surface area contributed by atoms with Gasteiger partial charge in [0, 0.05) is 62.1 Å². The molecule has 2 aromatic carbocycles. The van der Waals surface area contributed by atoms with Gasteiger partial charge in [-0.1, -0.05) is 12.0 Å². The summed E-state index contributed by atoms with van der Waals surface area (Å²) in [6.07, 6.45) is 7.35. The van der Waals surface area contributed by atoms with Crippen LogP contribution in [0.15, 0.2) is 73.3 Å². The Balaban J connectivity index is 1.37. The van der Waals surface area contributed by atoms with E-state index < -0.39 is 5.41 Å². The van der Waals surface area contributed by atoms with Crippen molar-refractivity contribution in [1.82, 2.24) is 24.1 Å². The Labute approximate surface area is 288 Å². The van der Waals surface area contributed by atoms with Gasteiger partial charge in [-0.2, -0.15) is 10.4 Å². The van der Waals surface area contributed by atoms with E-state index in [4.69, 9.17) is 4.74 Å². The quantitative estimate of drug-likeness (QED) is 0.165. The third-order valence-electron chi connectivity index (χ3n) is 8.30. The molecule has 5 rings (SSSR count). The molecule has 0 spiro atoms. The molecule has 252 valence electrons. The van der Waals surface area contributed by atoms with Crippen molar-refractivity contribution in [3.63, 3.8) is 0 Å². The zero-order valence-electron chi connectivity index (χ0n) is 29.2. The average Bonchev–Trinajstić information content (AvgIpc) is 3.72. The number of nitriles is 1. The van der Waals surface area contributed by atoms with Crippen molar-refractivity contribution < 1.29 is 9.53 Å². The number of amides is 1. The summed E-state index contributed by atoms with van der Waals surface area (Å²) < 4.78 is 8.89. The summed E-state index contributed by atoms with van der Waals surface area (Å²) in [6.45, 7) is 8.63. The number of benzene rings is 2. The number of hydrogen-bond acceptors (Lipinski definition) is 8. The molecule has 5 aromatic rings. The molecule has 0 fully saturated rings. The lowest BCUT2D eigenvalue weighted by Gasteiger charge is -2.25. The number of imidazole rings is 1. The molecule has 49 heavy (non-hydrogen) atoms. The van der Waals surface area contributed by atoms with Crippen LogP contribution in [0.25, 0.3) is 5.65 Å². The normalized spacial score (nSPS) is 11.2. The molecule has 11 nitrogen and oxygen atoms in total. The highest BCUT2D eigenvalue weighted by Crippen LogP contribution is 2.30. The van der Waals surface area contributed by atoms with E-state index in [0.717, 1.165) is 52.5 Å². The molecule has 0 radical (unpaired) electrons. The molecular weight excluding hydrogens is 614 g/mol. The van der Waals surface area contributed by atoms with E-state index in [9.17, 15) is 10.1 Å². The van der Waals surface area contributed by atoms with Crippen LogP contribution in [-0.4, -0.2) is 77.9 Å². The Bertz CT molecular complexity index is 2060. The van der Waals surface area contributed by atoms with Gasteiger partial charge >= 0.3 is 0 Å². The molecule has 0 unspecified atom stereocenters. The molecule has 0 saturated carbocycles. The number of nitrogens with zero attached hydrogens (tertiary/aromatic N) is 7. The average molecular weight is 658 g/mol. The van der Waals surface area contributed by atoms with Gasteiger partial charge in [0.15, 0.2) is 5.65 Å². The van der Waals surface area contributed by atoms with Gasteiger partial charge in [-0.05, 0) is 94.4 Å². The number of pyridine rings is 1. The van der Waals surface area contributed by atoms with E-state index in [1.54, 1.807) is 25.6 Å². The monoisotopic (exact) mass is 657 g/mol. The van der Waals surface area contributed by atoms with Crippen LogP contribution >= 0.6 is 0 Å². The summed E-state index contributed by atoms with van der Waals surface area (Å²) in [4.78, 5) is 22.5. The minimum absolute atomic E-state index is 0.257. The Morgan fingerprint density at radius 2 is 1.86 bits per heavy atom. The molecule has 0 bridgehead atoms. The number of fused-ring (bicyclic) bond motifs is 1. The first kappa shape index (κ1) is 34.7. The van der Waals surface area contributed by atoms with Crippen molar-refractivity contribution in [3.8, 4) is 17.9 Å².